The smallest absolute Gasteiger partial charge is 0.225 e. The van der Waals surface area contributed by atoms with E-state index >= 15 is 0 Å². The molecule has 214 valence electrons. The molecule has 7 rings (SSSR count). The Hall–Kier alpha value is -5.01. The first-order valence-electron chi connectivity index (χ1n) is 14.8. The van der Waals surface area contributed by atoms with Crippen molar-refractivity contribution in [2.45, 2.75) is 12.5 Å². The van der Waals surface area contributed by atoms with Crippen molar-refractivity contribution >= 4 is 16.7 Å². The van der Waals surface area contributed by atoms with Crippen LogP contribution in [-0.4, -0.2) is 52.7 Å². The van der Waals surface area contributed by atoms with Crippen LogP contribution in [0, 0.1) is 0 Å². The molecule has 0 atom stereocenters. The van der Waals surface area contributed by atoms with Gasteiger partial charge in [-0.1, -0.05) is 91.0 Å². The van der Waals surface area contributed by atoms with E-state index in [-0.39, 0.29) is 0 Å². The molecular formula is C36H33N5O2. The molecule has 0 amide bonds. The number of benzene rings is 3. The van der Waals surface area contributed by atoms with Gasteiger partial charge in [0.1, 0.15) is 17.1 Å². The third-order valence-electron chi connectivity index (χ3n) is 8.09. The Kier molecular flexibility index (Phi) is 7.31. The number of pyridine rings is 2. The fourth-order valence-corrected chi connectivity index (χ4v) is 6.18. The van der Waals surface area contributed by atoms with E-state index in [2.05, 4.69) is 107 Å². The summed E-state index contributed by atoms with van der Waals surface area (Å²) in [7, 11) is 0. The fourth-order valence-electron chi connectivity index (χ4n) is 6.18. The van der Waals surface area contributed by atoms with Crippen LogP contribution in [0.5, 0.6) is 5.88 Å². The van der Waals surface area contributed by atoms with Crippen LogP contribution >= 0.6 is 0 Å². The Balaban J connectivity index is 1.57. The average Bonchev–Trinajstić information content (AvgIpc) is 3.48. The Labute approximate surface area is 251 Å². The molecule has 1 fully saturated rings. The molecule has 0 aliphatic carbocycles. The number of fused-ring (bicyclic) bond motifs is 1. The van der Waals surface area contributed by atoms with Crippen molar-refractivity contribution in [3.63, 3.8) is 0 Å². The lowest BCUT2D eigenvalue weighted by Gasteiger charge is -2.37. The lowest BCUT2D eigenvalue weighted by Crippen LogP contribution is -2.38. The summed E-state index contributed by atoms with van der Waals surface area (Å²) in [6.45, 7) is 5.46. The summed E-state index contributed by atoms with van der Waals surface area (Å²) in [5.41, 5.74) is 5.19. The summed E-state index contributed by atoms with van der Waals surface area (Å²) in [5, 5.41) is 6.39. The molecule has 7 nitrogen and oxygen atoms in total. The Morgan fingerprint density at radius 1 is 0.744 bits per heavy atom. The molecule has 3 aromatic heterocycles. The third-order valence-corrected chi connectivity index (χ3v) is 8.09. The van der Waals surface area contributed by atoms with Crippen LogP contribution in [0.1, 0.15) is 23.6 Å². The van der Waals surface area contributed by atoms with Gasteiger partial charge in [0.25, 0.3) is 0 Å². The highest BCUT2D eigenvalue weighted by Gasteiger charge is 2.41. The van der Waals surface area contributed by atoms with E-state index in [1.165, 1.54) is 0 Å². The number of morpholine rings is 1. The van der Waals surface area contributed by atoms with Crippen molar-refractivity contribution in [3.05, 3.63) is 138 Å². The molecule has 0 bridgehead atoms. The van der Waals surface area contributed by atoms with Crippen LogP contribution in [0.2, 0.25) is 0 Å². The van der Waals surface area contributed by atoms with Gasteiger partial charge < -0.3 is 14.4 Å². The van der Waals surface area contributed by atoms with Gasteiger partial charge in [-0.05, 0) is 41.8 Å². The zero-order valence-electron chi connectivity index (χ0n) is 24.1. The van der Waals surface area contributed by atoms with Gasteiger partial charge in [-0.2, -0.15) is 5.10 Å². The van der Waals surface area contributed by atoms with Crippen molar-refractivity contribution in [3.8, 4) is 17.1 Å². The molecule has 6 aromatic rings. The van der Waals surface area contributed by atoms with Gasteiger partial charge in [-0.15, -0.1) is 0 Å². The first-order chi connectivity index (χ1) is 21.3. The molecule has 0 N–H and O–H groups in total. The first-order valence-corrected chi connectivity index (χ1v) is 14.8. The summed E-state index contributed by atoms with van der Waals surface area (Å²) in [5.74, 6) is 1.47. The fraction of sp³-hybridized carbons (Fsp3) is 0.194. The van der Waals surface area contributed by atoms with Crippen molar-refractivity contribution in [2.24, 2.45) is 0 Å². The lowest BCUT2D eigenvalue weighted by atomic mass is 9.77. The van der Waals surface area contributed by atoms with Gasteiger partial charge in [0.05, 0.1) is 30.7 Å². The highest BCUT2D eigenvalue weighted by molar-refractivity contribution is 5.97. The van der Waals surface area contributed by atoms with E-state index in [0.29, 0.717) is 25.7 Å². The number of aromatic nitrogens is 4. The van der Waals surface area contributed by atoms with Crippen molar-refractivity contribution in [1.29, 1.82) is 0 Å². The molecule has 0 saturated carbocycles. The highest BCUT2D eigenvalue weighted by Crippen LogP contribution is 2.45. The van der Waals surface area contributed by atoms with Gasteiger partial charge in [-0.25, -0.2) is 14.6 Å². The minimum absolute atomic E-state index is 0.493. The predicted octanol–water partition coefficient (Wildman–Crippen LogP) is 6.57. The number of hydrogen-bond acceptors (Lipinski definition) is 6. The number of ether oxygens (including phenoxy) is 2. The average molecular weight is 568 g/mol. The van der Waals surface area contributed by atoms with E-state index < -0.39 is 5.54 Å². The van der Waals surface area contributed by atoms with Crippen LogP contribution in [-0.2, 0) is 10.3 Å². The molecular weight excluding hydrogens is 534 g/mol. The van der Waals surface area contributed by atoms with Gasteiger partial charge >= 0.3 is 0 Å². The summed E-state index contributed by atoms with van der Waals surface area (Å²) in [6, 6.07) is 38.0. The Bertz CT molecular complexity index is 1720. The number of rotatable bonds is 8. The van der Waals surface area contributed by atoms with Crippen LogP contribution in [0.3, 0.4) is 0 Å². The lowest BCUT2D eigenvalue weighted by molar-refractivity contribution is 0.122. The summed E-state index contributed by atoms with van der Waals surface area (Å²) in [6.07, 6.45) is 3.67. The number of nitrogens with zero attached hydrogens (tertiary/aromatic N) is 5. The van der Waals surface area contributed by atoms with Crippen molar-refractivity contribution < 1.29 is 9.47 Å². The zero-order chi connectivity index (χ0) is 29.1. The SMILES string of the molecule is CCOc1nccc2c1c(-c1ccnc(N3CCOCC3)c1)nn2C(c1ccccc1)(c1ccccc1)c1ccccc1. The summed E-state index contributed by atoms with van der Waals surface area (Å²) in [4.78, 5) is 11.7. The predicted molar refractivity (Wildman–Crippen MR) is 170 cm³/mol. The summed E-state index contributed by atoms with van der Waals surface area (Å²) < 4.78 is 13.9. The Morgan fingerprint density at radius 3 is 1.91 bits per heavy atom. The maximum absolute atomic E-state index is 6.16. The molecule has 1 aliphatic heterocycles. The normalized spacial score (nSPS) is 13.7. The van der Waals surface area contributed by atoms with Gasteiger partial charge in [-0.3, -0.25) is 0 Å². The second-order valence-corrected chi connectivity index (χ2v) is 10.5. The maximum Gasteiger partial charge on any atom is 0.225 e. The molecule has 1 aliphatic rings. The Morgan fingerprint density at radius 2 is 1.33 bits per heavy atom. The quantitative estimate of drug-likeness (QED) is 0.194. The molecule has 1 saturated heterocycles. The zero-order valence-corrected chi connectivity index (χ0v) is 24.1. The molecule has 43 heavy (non-hydrogen) atoms. The minimum Gasteiger partial charge on any atom is -0.477 e. The molecule has 7 heteroatoms. The van der Waals surface area contributed by atoms with Crippen LogP contribution < -0.4 is 9.64 Å². The third kappa shape index (κ3) is 4.72. The van der Waals surface area contributed by atoms with E-state index in [1.54, 1.807) is 0 Å². The van der Waals surface area contributed by atoms with Crippen molar-refractivity contribution in [1.82, 2.24) is 19.7 Å². The first kappa shape index (κ1) is 26.9. The standard InChI is InChI=1S/C36H33N5O2/c1-2-43-35-33-31(19-21-38-35)41(39-34(33)27-18-20-37-32(26-27)40-22-24-42-25-23-40)36(28-12-6-3-7-13-28,29-14-8-4-9-15-29)30-16-10-5-11-17-30/h3-21,26H,2,22-25H2,1H3. The van der Waals surface area contributed by atoms with E-state index in [4.69, 9.17) is 24.5 Å². The van der Waals surface area contributed by atoms with Crippen molar-refractivity contribution in [2.75, 3.05) is 37.8 Å². The van der Waals surface area contributed by atoms with Gasteiger partial charge in [0.2, 0.25) is 5.88 Å². The molecule has 3 aromatic carbocycles. The van der Waals surface area contributed by atoms with E-state index in [1.807, 2.05) is 31.5 Å². The topological polar surface area (TPSA) is 65.3 Å². The number of hydrogen-bond donors (Lipinski definition) is 0. The van der Waals surface area contributed by atoms with E-state index in [0.717, 1.165) is 57.8 Å². The van der Waals surface area contributed by atoms with Crippen LogP contribution in [0.4, 0.5) is 5.82 Å². The van der Waals surface area contributed by atoms with Crippen LogP contribution in [0.15, 0.2) is 122 Å². The van der Waals surface area contributed by atoms with Gasteiger partial charge in [0, 0.05) is 31.0 Å². The maximum atomic E-state index is 6.16. The summed E-state index contributed by atoms with van der Waals surface area (Å²) >= 11 is 0. The molecule has 4 heterocycles. The highest BCUT2D eigenvalue weighted by atomic mass is 16.5. The molecule has 0 radical (unpaired) electrons. The van der Waals surface area contributed by atoms with E-state index in [9.17, 15) is 0 Å². The second kappa shape index (κ2) is 11.7. The molecule has 0 spiro atoms. The monoisotopic (exact) mass is 567 g/mol. The van der Waals surface area contributed by atoms with Crippen LogP contribution in [0.25, 0.3) is 22.2 Å². The number of anilines is 1. The molecule has 0 unspecified atom stereocenters. The second-order valence-electron chi connectivity index (χ2n) is 10.5. The largest absolute Gasteiger partial charge is 0.477 e. The minimum atomic E-state index is -0.787. The van der Waals surface area contributed by atoms with Gasteiger partial charge in [0.15, 0.2) is 0 Å².